The summed E-state index contributed by atoms with van der Waals surface area (Å²) in [5.74, 6) is 0. The molecule has 0 unspecified atom stereocenters. The molecule has 0 radical (unpaired) electrons. The van der Waals surface area contributed by atoms with Crippen molar-refractivity contribution < 1.29 is 63.4 Å². The molecule has 0 rings (SSSR count). The van der Waals surface area contributed by atoms with Crippen LogP contribution >= 0.6 is 0 Å². The van der Waals surface area contributed by atoms with Gasteiger partial charge in [-0.1, -0.05) is 0 Å². The minimum atomic E-state index is -5.94. The van der Waals surface area contributed by atoms with Crippen molar-refractivity contribution in [1.82, 2.24) is 0 Å². The summed E-state index contributed by atoms with van der Waals surface area (Å²) in [5, 5.41) is 0. The van der Waals surface area contributed by atoms with Gasteiger partial charge in [0, 0.05) is 0 Å². The second-order valence-corrected chi connectivity index (χ2v) is 2.54. The molecule has 0 aliphatic heterocycles. The SMILES string of the molecule is [KH].[Na+].[O-][I+3]([O-])([O-])[O-]. The molecule has 0 fully saturated rings. The minimum Gasteiger partial charge on any atom is -0.286 e. The molecule has 7 heteroatoms. The Hall–Kier alpha value is 3.21. The van der Waals surface area contributed by atoms with Crippen LogP contribution in [-0.4, -0.2) is 51.4 Å². The largest absolute Gasteiger partial charge is 1.00 e. The van der Waals surface area contributed by atoms with Crippen molar-refractivity contribution in [2.45, 2.75) is 0 Å². The summed E-state index contributed by atoms with van der Waals surface area (Å²) >= 11 is -5.94. The van der Waals surface area contributed by atoms with Gasteiger partial charge < -0.3 is 0 Å². The van der Waals surface area contributed by atoms with Crippen LogP contribution in [0.15, 0.2) is 0 Å². The van der Waals surface area contributed by atoms with Crippen LogP contribution < -0.4 is 63.4 Å². The topological polar surface area (TPSA) is 92.2 Å². The van der Waals surface area contributed by atoms with Gasteiger partial charge in [0.25, 0.3) is 0 Å². The van der Waals surface area contributed by atoms with Gasteiger partial charge in [0.05, 0.1) is 0 Å². The first-order valence-electron chi connectivity index (χ1n) is 0.617. The van der Waals surface area contributed by atoms with E-state index < -0.39 is 20.1 Å². The van der Waals surface area contributed by atoms with Crippen molar-refractivity contribution in [3.8, 4) is 0 Å². The zero-order chi connectivity index (χ0) is 4.50. The molecule has 0 aliphatic carbocycles. The molecule has 4 nitrogen and oxygen atoms in total. The fourth-order valence-electron chi connectivity index (χ4n) is 0. The van der Waals surface area contributed by atoms with E-state index in [1.165, 1.54) is 0 Å². The molecular formula is HIKNaO4. The van der Waals surface area contributed by atoms with Gasteiger partial charge in [-0.3, -0.25) is 13.7 Å². The van der Waals surface area contributed by atoms with Crippen LogP contribution in [0.3, 0.4) is 0 Å². The Balaban J connectivity index is -0.0000000800. The van der Waals surface area contributed by atoms with Crippen LogP contribution in [0.1, 0.15) is 0 Å². The molecule has 0 aromatic rings. The zero-order valence-electron chi connectivity index (χ0n) is 3.01. The summed E-state index contributed by atoms with van der Waals surface area (Å²) in [6.07, 6.45) is 0. The molecular weight excluding hydrogens is 253 g/mol. The van der Waals surface area contributed by atoms with Crippen LogP contribution in [0, 0.1) is 0 Å². The molecule has 0 saturated carbocycles. The Kier molecular flexibility index (Phi) is 17.4. The van der Waals surface area contributed by atoms with Crippen molar-refractivity contribution in [1.29, 1.82) is 0 Å². The molecule has 0 aromatic heterocycles. The predicted octanol–water partition coefficient (Wildman–Crippen LogP) is -11.4. The molecule has 0 aliphatic rings. The quantitative estimate of drug-likeness (QED) is 0.317. The maximum Gasteiger partial charge on any atom is 1.00 e. The van der Waals surface area contributed by atoms with Gasteiger partial charge in [-0.2, -0.15) is 0 Å². The van der Waals surface area contributed by atoms with Crippen molar-refractivity contribution in [3.05, 3.63) is 0 Å². The molecule has 0 spiro atoms. The molecule has 0 N–H and O–H groups in total. The van der Waals surface area contributed by atoms with Crippen molar-refractivity contribution in [2.24, 2.45) is 0 Å². The van der Waals surface area contributed by atoms with Gasteiger partial charge >= 0.3 is 80.9 Å². The van der Waals surface area contributed by atoms with Gasteiger partial charge in [0.2, 0.25) is 0 Å². The average molecular weight is 254 g/mol. The van der Waals surface area contributed by atoms with Crippen LogP contribution in [0.5, 0.6) is 0 Å². The first kappa shape index (κ1) is 16.7. The van der Waals surface area contributed by atoms with E-state index in [4.69, 9.17) is 13.7 Å². The summed E-state index contributed by atoms with van der Waals surface area (Å²) in [6.45, 7) is 0. The van der Waals surface area contributed by atoms with Gasteiger partial charge in [-0.05, 0) is 0 Å². The second-order valence-electron chi connectivity index (χ2n) is 0.378. The number of hydrogen-bond acceptors (Lipinski definition) is 4. The normalized spacial score (nSPS) is 8.57. The molecule has 34 valence electrons. The van der Waals surface area contributed by atoms with Crippen LogP contribution in [0.2, 0.25) is 0 Å². The maximum absolute atomic E-state index is 8.62. The predicted molar refractivity (Wildman–Crippen MR) is 7.15 cm³/mol. The molecule has 0 amide bonds. The van der Waals surface area contributed by atoms with Crippen LogP contribution in [0.25, 0.3) is 0 Å². The fourth-order valence-corrected chi connectivity index (χ4v) is 0. The first-order valence-corrected chi connectivity index (χ1v) is 4.14. The van der Waals surface area contributed by atoms with E-state index in [0.717, 1.165) is 0 Å². The molecule has 0 aromatic carbocycles. The standard InChI is InChI=1S/IO4.K.Na.H/c2-1(3,4)5;;;/q-1;;+1;. The van der Waals surface area contributed by atoms with E-state index in [1.54, 1.807) is 0 Å². The van der Waals surface area contributed by atoms with E-state index in [0.29, 0.717) is 0 Å². The smallest absolute Gasteiger partial charge is 0.286 e. The van der Waals surface area contributed by atoms with E-state index in [1.807, 2.05) is 0 Å². The Morgan fingerprint density at radius 2 is 0.857 bits per heavy atom. The maximum atomic E-state index is 8.62. The van der Waals surface area contributed by atoms with Gasteiger partial charge in [0.1, 0.15) is 20.1 Å². The minimum absolute atomic E-state index is 0. The summed E-state index contributed by atoms with van der Waals surface area (Å²) in [4.78, 5) is 0. The Morgan fingerprint density at radius 3 is 0.857 bits per heavy atom. The van der Waals surface area contributed by atoms with Crippen molar-refractivity contribution >= 4 is 51.4 Å². The monoisotopic (exact) mass is 254 g/mol. The fraction of sp³-hybridized carbons (Fsp3) is 0. The van der Waals surface area contributed by atoms with E-state index in [9.17, 15) is 0 Å². The zero-order valence-corrected chi connectivity index (χ0v) is 7.17. The van der Waals surface area contributed by atoms with E-state index >= 15 is 0 Å². The summed E-state index contributed by atoms with van der Waals surface area (Å²) in [6, 6.07) is 0. The van der Waals surface area contributed by atoms with Gasteiger partial charge in [-0.25, -0.2) is 0 Å². The molecule has 7 heavy (non-hydrogen) atoms. The van der Waals surface area contributed by atoms with Gasteiger partial charge in [0.15, 0.2) is 0 Å². The Labute approximate surface area is 112 Å². The summed E-state index contributed by atoms with van der Waals surface area (Å²) in [5.41, 5.74) is 0. The van der Waals surface area contributed by atoms with E-state index in [-0.39, 0.29) is 80.9 Å². The number of rotatable bonds is 0. The first-order chi connectivity index (χ1) is 2.00. The van der Waals surface area contributed by atoms with Crippen LogP contribution in [-0.2, 0) is 0 Å². The summed E-state index contributed by atoms with van der Waals surface area (Å²) < 4.78 is 34.5. The third kappa shape index (κ3) is 46.5. The number of halogens is 1. The molecule has 0 heterocycles. The third-order valence-electron chi connectivity index (χ3n) is 0. The second kappa shape index (κ2) is 7.31. The summed E-state index contributed by atoms with van der Waals surface area (Å²) in [7, 11) is 0. The van der Waals surface area contributed by atoms with Crippen molar-refractivity contribution in [2.75, 3.05) is 0 Å². The van der Waals surface area contributed by atoms with Crippen molar-refractivity contribution in [3.63, 3.8) is 0 Å². The van der Waals surface area contributed by atoms with Gasteiger partial charge in [-0.15, -0.1) is 0 Å². The average Bonchev–Trinajstić information content (AvgIpc) is 0.722. The molecule has 0 saturated heterocycles. The number of hydrogen-bond donors (Lipinski definition) is 0. The Bertz CT molecular complexity index is 27.2. The molecule has 0 atom stereocenters. The van der Waals surface area contributed by atoms with E-state index in [2.05, 4.69) is 0 Å². The van der Waals surface area contributed by atoms with Crippen LogP contribution in [0.4, 0.5) is 0 Å². The molecule has 0 bridgehead atoms. The Morgan fingerprint density at radius 1 is 0.857 bits per heavy atom. The third-order valence-corrected chi connectivity index (χ3v) is 0.